The minimum atomic E-state index is -0.792. The van der Waals surface area contributed by atoms with Crippen LogP contribution in [0, 0.1) is 5.92 Å². The third-order valence-corrected chi connectivity index (χ3v) is 1.69. The molecule has 8 nitrogen and oxygen atoms in total. The zero-order valence-corrected chi connectivity index (χ0v) is 13.6. The van der Waals surface area contributed by atoms with E-state index in [9.17, 15) is 9.59 Å². The van der Waals surface area contributed by atoms with Crippen molar-refractivity contribution in [2.24, 2.45) is 5.92 Å². The highest BCUT2D eigenvalue weighted by molar-refractivity contribution is 5.78. The van der Waals surface area contributed by atoms with Crippen LogP contribution in [-0.2, 0) is 39.2 Å². The highest BCUT2D eigenvalue weighted by Crippen LogP contribution is 2.12. The van der Waals surface area contributed by atoms with Gasteiger partial charge < -0.3 is 0 Å². The predicted octanol–water partition coefficient (Wildman–Crippen LogP) is 2.42. The lowest BCUT2D eigenvalue weighted by molar-refractivity contribution is -0.517. The first-order chi connectivity index (χ1) is 9.41. The normalized spacial score (nSPS) is 13.7. The Morgan fingerprint density at radius 1 is 0.857 bits per heavy atom. The van der Waals surface area contributed by atoms with Crippen LogP contribution in [0.3, 0.4) is 0 Å². The molecule has 0 rings (SSSR count). The lowest BCUT2D eigenvalue weighted by Gasteiger charge is -2.17. The Balaban J connectivity index is 3.93. The number of hydrogen-bond donors (Lipinski definition) is 0. The molecule has 0 N–H and O–H groups in total. The summed E-state index contributed by atoms with van der Waals surface area (Å²) in [4.78, 5) is 41.1. The molecule has 0 amide bonds. The van der Waals surface area contributed by atoms with Gasteiger partial charge in [-0.2, -0.15) is 9.78 Å². The molecular weight excluding hydrogens is 284 g/mol. The largest absolute Gasteiger partial charge is 0.349 e. The van der Waals surface area contributed by atoms with Gasteiger partial charge in [0, 0.05) is 0 Å². The van der Waals surface area contributed by atoms with Gasteiger partial charge in [0.05, 0.1) is 23.5 Å². The van der Waals surface area contributed by atoms with E-state index in [1.165, 1.54) is 6.92 Å². The summed E-state index contributed by atoms with van der Waals surface area (Å²) in [5.74, 6) is -2.34. The van der Waals surface area contributed by atoms with E-state index in [-0.39, 0.29) is 6.42 Å². The predicted molar refractivity (Wildman–Crippen MR) is 69.8 cm³/mol. The van der Waals surface area contributed by atoms with Gasteiger partial charge in [-0.25, -0.2) is 9.59 Å². The molecule has 0 aromatic rings. The SMILES string of the molecule is CC(CC(=O)OOOC(C)(C)C)C(=O)OOOC(C)(C)C. The molecule has 8 heteroatoms. The van der Waals surface area contributed by atoms with E-state index < -0.39 is 29.1 Å². The number of hydrogen-bond acceptors (Lipinski definition) is 8. The van der Waals surface area contributed by atoms with Crippen LogP contribution in [0.1, 0.15) is 54.9 Å². The van der Waals surface area contributed by atoms with Gasteiger partial charge in [-0.1, -0.05) is 6.92 Å². The van der Waals surface area contributed by atoms with Gasteiger partial charge in [0.15, 0.2) is 0 Å². The van der Waals surface area contributed by atoms with Crippen molar-refractivity contribution in [3.8, 4) is 0 Å². The highest BCUT2D eigenvalue weighted by Gasteiger charge is 2.23. The molecule has 0 bridgehead atoms. The fourth-order valence-electron chi connectivity index (χ4n) is 0.759. The average molecular weight is 308 g/mol. The minimum Gasteiger partial charge on any atom is -0.269 e. The fourth-order valence-corrected chi connectivity index (χ4v) is 0.759. The third kappa shape index (κ3) is 12.2. The van der Waals surface area contributed by atoms with Crippen LogP contribution >= 0.6 is 0 Å². The Labute approximate surface area is 124 Å². The zero-order valence-electron chi connectivity index (χ0n) is 13.6. The van der Waals surface area contributed by atoms with E-state index in [1.54, 1.807) is 41.5 Å². The maximum absolute atomic E-state index is 11.5. The maximum Gasteiger partial charge on any atom is 0.349 e. The first kappa shape index (κ1) is 19.8. The second-order valence-corrected chi connectivity index (χ2v) is 6.49. The summed E-state index contributed by atoms with van der Waals surface area (Å²) in [5.41, 5.74) is -1.25. The van der Waals surface area contributed by atoms with Crippen LogP contribution < -0.4 is 0 Å². The van der Waals surface area contributed by atoms with E-state index >= 15 is 0 Å². The number of rotatable bonds is 7. The van der Waals surface area contributed by atoms with Crippen molar-refractivity contribution in [1.82, 2.24) is 0 Å². The molecule has 0 aliphatic heterocycles. The lowest BCUT2D eigenvalue weighted by atomic mass is 10.1. The second-order valence-electron chi connectivity index (χ2n) is 6.49. The summed E-state index contributed by atoms with van der Waals surface area (Å²) in [6.07, 6.45) is -0.259. The van der Waals surface area contributed by atoms with Crippen molar-refractivity contribution in [2.45, 2.75) is 66.1 Å². The Morgan fingerprint density at radius 2 is 1.29 bits per heavy atom. The Morgan fingerprint density at radius 3 is 1.71 bits per heavy atom. The van der Waals surface area contributed by atoms with Crippen molar-refractivity contribution in [2.75, 3.05) is 0 Å². The molecule has 0 radical (unpaired) electrons. The van der Waals surface area contributed by atoms with Crippen molar-refractivity contribution in [3.63, 3.8) is 0 Å². The van der Waals surface area contributed by atoms with E-state index in [0.29, 0.717) is 0 Å². The van der Waals surface area contributed by atoms with E-state index in [1.807, 2.05) is 0 Å². The summed E-state index contributed by atoms with van der Waals surface area (Å²) >= 11 is 0. The summed E-state index contributed by atoms with van der Waals surface area (Å²) in [6.45, 7) is 11.8. The maximum atomic E-state index is 11.5. The fraction of sp³-hybridized carbons (Fsp3) is 0.846. The van der Waals surface area contributed by atoms with Crippen LogP contribution in [0.5, 0.6) is 0 Å². The van der Waals surface area contributed by atoms with Crippen LogP contribution in [0.25, 0.3) is 0 Å². The van der Waals surface area contributed by atoms with Crippen LogP contribution in [0.2, 0.25) is 0 Å². The molecule has 0 aromatic heterocycles. The van der Waals surface area contributed by atoms with Crippen LogP contribution in [0.15, 0.2) is 0 Å². The molecule has 0 saturated carbocycles. The van der Waals surface area contributed by atoms with Gasteiger partial charge in [0.2, 0.25) is 0 Å². The van der Waals surface area contributed by atoms with Crippen molar-refractivity contribution in [3.05, 3.63) is 0 Å². The first-order valence-corrected chi connectivity index (χ1v) is 6.52. The van der Waals surface area contributed by atoms with Crippen molar-refractivity contribution in [1.29, 1.82) is 0 Å². The molecular formula is C13H24O8. The van der Waals surface area contributed by atoms with Gasteiger partial charge in [-0.05, 0) is 51.6 Å². The van der Waals surface area contributed by atoms with Crippen molar-refractivity contribution >= 4 is 11.9 Å². The molecule has 0 aliphatic carbocycles. The molecule has 0 spiro atoms. The average Bonchev–Trinajstić information content (AvgIpc) is 2.24. The van der Waals surface area contributed by atoms with Gasteiger partial charge in [0.1, 0.15) is 0 Å². The zero-order chi connectivity index (χ0) is 16.7. The minimum absolute atomic E-state index is 0.259. The smallest absolute Gasteiger partial charge is 0.269 e. The van der Waals surface area contributed by atoms with Gasteiger partial charge in [-0.3, -0.25) is 9.78 Å². The molecule has 0 heterocycles. The highest BCUT2D eigenvalue weighted by atomic mass is 17.5. The summed E-state index contributed by atoms with van der Waals surface area (Å²) in [6, 6.07) is 0. The van der Waals surface area contributed by atoms with Crippen molar-refractivity contribution < 1.29 is 39.2 Å². The Kier molecular flexibility index (Phi) is 7.80. The number of carbonyl (C=O) groups is 2. The van der Waals surface area contributed by atoms with Crippen LogP contribution in [-0.4, -0.2) is 23.1 Å². The summed E-state index contributed by atoms with van der Waals surface area (Å²) < 4.78 is 0. The van der Waals surface area contributed by atoms with E-state index in [2.05, 4.69) is 19.9 Å². The monoisotopic (exact) mass is 308 g/mol. The molecule has 1 atom stereocenters. The van der Waals surface area contributed by atoms with Gasteiger partial charge in [-0.15, -0.1) is 0 Å². The molecule has 21 heavy (non-hydrogen) atoms. The molecule has 0 aromatic carbocycles. The summed E-state index contributed by atoms with van der Waals surface area (Å²) in [5, 5.41) is 8.64. The Bertz CT molecular complexity index is 339. The molecule has 0 saturated heterocycles. The quantitative estimate of drug-likeness (QED) is 0.523. The van der Waals surface area contributed by atoms with E-state index in [4.69, 9.17) is 9.78 Å². The molecule has 124 valence electrons. The first-order valence-electron chi connectivity index (χ1n) is 6.52. The van der Waals surface area contributed by atoms with Gasteiger partial charge >= 0.3 is 11.9 Å². The second kappa shape index (κ2) is 8.28. The van der Waals surface area contributed by atoms with E-state index in [0.717, 1.165) is 0 Å². The Hall–Kier alpha value is -1.22. The molecule has 0 fully saturated rings. The third-order valence-electron chi connectivity index (χ3n) is 1.69. The molecule has 1 unspecified atom stereocenters. The van der Waals surface area contributed by atoms with Crippen LogP contribution in [0.4, 0.5) is 0 Å². The van der Waals surface area contributed by atoms with Gasteiger partial charge in [0.25, 0.3) is 0 Å². The number of carbonyl (C=O) groups excluding carboxylic acids is 2. The topological polar surface area (TPSA) is 89.5 Å². The molecule has 0 aliphatic rings. The summed E-state index contributed by atoms with van der Waals surface area (Å²) in [7, 11) is 0. The lowest BCUT2D eigenvalue weighted by Crippen LogP contribution is -2.25. The standard InChI is InChI=1S/C13H24O8/c1-9(11(15)17-21-19-13(5,6)7)8-10(14)16-20-18-12(2,3)4/h9H,8H2,1-7H3.